The molecule has 1 aromatic rings. The van der Waals surface area contributed by atoms with Crippen LogP contribution in [0.4, 0.5) is 4.79 Å². The first-order valence-corrected chi connectivity index (χ1v) is 13.0. The van der Waals surface area contributed by atoms with E-state index in [4.69, 9.17) is 4.74 Å². The molecule has 3 amide bonds. The highest BCUT2D eigenvalue weighted by Crippen LogP contribution is 2.37. The fourth-order valence-corrected chi connectivity index (χ4v) is 4.13. The van der Waals surface area contributed by atoms with Crippen LogP contribution in [0, 0.1) is 19.8 Å². The Hall–Kier alpha value is -2.57. The molecule has 0 radical (unpaired) electrons. The summed E-state index contributed by atoms with van der Waals surface area (Å²) in [7, 11) is 0. The molecular weight excluding hydrogens is 442 g/mol. The molecule has 1 aromatic carbocycles. The van der Waals surface area contributed by atoms with Crippen LogP contribution in [-0.2, 0) is 14.3 Å². The van der Waals surface area contributed by atoms with Crippen LogP contribution in [0.2, 0.25) is 0 Å². The Kier molecular flexibility index (Phi) is 10.2. The van der Waals surface area contributed by atoms with E-state index in [9.17, 15) is 14.4 Å². The highest BCUT2D eigenvalue weighted by Gasteiger charge is 2.45. The summed E-state index contributed by atoms with van der Waals surface area (Å²) in [5.41, 5.74) is 2.15. The number of aryl methyl sites for hydroxylation is 2. The van der Waals surface area contributed by atoms with Gasteiger partial charge in [-0.1, -0.05) is 57.4 Å². The first-order valence-electron chi connectivity index (χ1n) is 13.0. The molecule has 35 heavy (non-hydrogen) atoms. The van der Waals surface area contributed by atoms with Crippen molar-refractivity contribution in [3.8, 4) is 0 Å². The Labute approximate surface area is 211 Å². The van der Waals surface area contributed by atoms with Gasteiger partial charge in [0, 0.05) is 12.6 Å². The van der Waals surface area contributed by atoms with Crippen LogP contribution in [0.1, 0.15) is 96.4 Å². The van der Waals surface area contributed by atoms with Crippen molar-refractivity contribution in [1.82, 2.24) is 15.5 Å². The number of ether oxygens (including phenoxy) is 1. The van der Waals surface area contributed by atoms with E-state index in [0.717, 1.165) is 48.8 Å². The molecule has 2 rings (SSSR count). The minimum atomic E-state index is -0.800. The third-order valence-corrected chi connectivity index (χ3v) is 6.14. The molecule has 2 N–H and O–H groups in total. The Morgan fingerprint density at radius 1 is 1.11 bits per heavy atom. The molecular formula is C28H45N3O4. The summed E-state index contributed by atoms with van der Waals surface area (Å²) in [5.74, 6) is -0.596. The molecule has 1 aliphatic carbocycles. The van der Waals surface area contributed by atoms with Crippen molar-refractivity contribution in [2.45, 2.75) is 111 Å². The molecule has 0 aliphatic heterocycles. The number of nitrogens with one attached hydrogen (secondary N) is 2. The predicted octanol–water partition coefficient (Wildman–Crippen LogP) is 5.19. The smallest absolute Gasteiger partial charge is 0.408 e. The van der Waals surface area contributed by atoms with Gasteiger partial charge < -0.3 is 20.3 Å². The largest absolute Gasteiger partial charge is 0.444 e. The zero-order chi connectivity index (χ0) is 26.3. The molecule has 196 valence electrons. The molecule has 0 bridgehead atoms. The van der Waals surface area contributed by atoms with Gasteiger partial charge in [0.2, 0.25) is 11.8 Å². The monoisotopic (exact) mass is 487 g/mol. The van der Waals surface area contributed by atoms with Gasteiger partial charge in [-0.2, -0.15) is 0 Å². The molecule has 0 spiro atoms. The highest BCUT2D eigenvalue weighted by atomic mass is 16.6. The van der Waals surface area contributed by atoms with Gasteiger partial charge in [0.05, 0.1) is 0 Å². The molecule has 0 heterocycles. The van der Waals surface area contributed by atoms with Gasteiger partial charge in [-0.15, -0.1) is 0 Å². The van der Waals surface area contributed by atoms with E-state index in [1.807, 2.05) is 45.9 Å². The second-order valence-corrected chi connectivity index (χ2v) is 11.1. The second kappa shape index (κ2) is 12.4. The van der Waals surface area contributed by atoms with E-state index in [1.54, 1.807) is 25.7 Å². The van der Waals surface area contributed by atoms with Crippen LogP contribution in [0.5, 0.6) is 0 Å². The van der Waals surface area contributed by atoms with Crippen molar-refractivity contribution >= 4 is 17.9 Å². The lowest BCUT2D eigenvalue weighted by atomic mass is 9.94. The molecule has 7 heteroatoms. The number of carbonyl (C=O) groups excluding carboxylic acids is 3. The molecule has 1 fully saturated rings. The predicted molar refractivity (Wildman–Crippen MR) is 139 cm³/mol. The van der Waals surface area contributed by atoms with Gasteiger partial charge in [0.15, 0.2) is 0 Å². The van der Waals surface area contributed by atoms with E-state index in [1.165, 1.54) is 0 Å². The minimum absolute atomic E-state index is 0.0320. The number of hydrogen-bond donors (Lipinski definition) is 2. The van der Waals surface area contributed by atoms with Crippen LogP contribution in [0.25, 0.3) is 0 Å². The van der Waals surface area contributed by atoms with E-state index in [-0.39, 0.29) is 23.8 Å². The van der Waals surface area contributed by atoms with Gasteiger partial charge in [-0.25, -0.2) is 4.79 Å². The number of rotatable bonds is 11. The summed E-state index contributed by atoms with van der Waals surface area (Å²) in [6, 6.07) is 4.43. The van der Waals surface area contributed by atoms with Crippen molar-refractivity contribution in [3.05, 3.63) is 34.9 Å². The van der Waals surface area contributed by atoms with Crippen molar-refractivity contribution in [1.29, 1.82) is 0 Å². The zero-order valence-electron chi connectivity index (χ0n) is 22.9. The summed E-state index contributed by atoms with van der Waals surface area (Å²) >= 11 is 0. The number of hydrogen-bond acceptors (Lipinski definition) is 4. The average Bonchev–Trinajstić information content (AvgIpc) is 3.58. The molecule has 2 atom stereocenters. The number of unbranched alkanes of at least 4 members (excludes halogenated alkanes) is 2. The number of alkyl carbamates (subject to hydrolysis) is 1. The lowest BCUT2D eigenvalue weighted by molar-refractivity contribution is -0.144. The van der Waals surface area contributed by atoms with Crippen molar-refractivity contribution in [2.24, 2.45) is 5.92 Å². The second-order valence-electron chi connectivity index (χ2n) is 11.1. The van der Waals surface area contributed by atoms with Crippen molar-refractivity contribution in [2.75, 3.05) is 6.54 Å². The molecule has 0 aromatic heterocycles. The maximum Gasteiger partial charge on any atom is 0.408 e. The molecule has 7 nitrogen and oxygen atoms in total. The third-order valence-electron chi connectivity index (χ3n) is 6.14. The first-order chi connectivity index (χ1) is 16.4. The van der Waals surface area contributed by atoms with Crippen LogP contribution in [0.15, 0.2) is 18.2 Å². The number of carbonyl (C=O) groups is 3. The summed E-state index contributed by atoms with van der Waals surface area (Å²) in [6.07, 6.45) is 4.05. The fourth-order valence-electron chi connectivity index (χ4n) is 4.13. The van der Waals surface area contributed by atoms with Crippen LogP contribution in [0.3, 0.4) is 0 Å². The topological polar surface area (TPSA) is 87.7 Å². The molecule has 1 saturated carbocycles. The average molecular weight is 488 g/mol. The Morgan fingerprint density at radius 3 is 2.31 bits per heavy atom. The van der Waals surface area contributed by atoms with Crippen molar-refractivity contribution < 1.29 is 19.1 Å². The van der Waals surface area contributed by atoms with E-state index in [0.29, 0.717) is 6.54 Å². The van der Waals surface area contributed by atoms with Crippen LogP contribution >= 0.6 is 0 Å². The van der Waals surface area contributed by atoms with Crippen molar-refractivity contribution in [3.63, 3.8) is 0 Å². The van der Waals surface area contributed by atoms with Gasteiger partial charge in [0.25, 0.3) is 0 Å². The third kappa shape index (κ3) is 8.55. The summed E-state index contributed by atoms with van der Waals surface area (Å²) < 4.78 is 5.43. The zero-order valence-corrected chi connectivity index (χ0v) is 22.9. The summed E-state index contributed by atoms with van der Waals surface area (Å²) in [4.78, 5) is 42.0. The van der Waals surface area contributed by atoms with E-state index < -0.39 is 23.8 Å². The number of amides is 3. The van der Waals surface area contributed by atoms with Gasteiger partial charge in [-0.05, 0) is 70.9 Å². The standard InChI is InChI=1S/C28H45N3O4/c1-9-10-11-16-29-25(32)24(22-17-19(4)12-13-20(22)5)31(21-14-15-21)26(33)23(18(2)3)30-27(34)35-28(6,7)8/h12-13,17-18,21,23-24H,9-11,14-16H2,1-8H3,(H,29,32)(H,30,34). The minimum Gasteiger partial charge on any atom is -0.444 e. The van der Waals surface area contributed by atoms with Gasteiger partial charge >= 0.3 is 6.09 Å². The maximum absolute atomic E-state index is 14.0. The van der Waals surface area contributed by atoms with E-state index >= 15 is 0 Å². The van der Waals surface area contributed by atoms with Crippen LogP contribution < -0.4 is 10.6 Å². The van der Waals surface area contributed by atoms with Crippen LogP contribution in [-0.4, -0.2) is 47.0 Å². The SMILES string of the molecule is CCCCCNC(=O)C(c1cc(C)ccc1C)N(C(=O)C(NC(=O)OC(C)(C)C)C(C)C)C1CC1. The Morgan fingerprint density at radius 2 is 1.77 bits per heavy atom. The molecule has 0 saturated heterocycles. The lowest BCUT2D eigenvalue weighted by Gasteiger charge is -2.36. The summed E-state index contributed by atoms with van der Waals surface area (Å²) in [5, 5.41) is 5.86. The molecule has 2 unspecified atom stereocenters. The Balaban J connectivity index is 2.42. The number of benzene rings is 1. The maximum atomic E-state index is 14.0. The highest BCUT2D eigenvalue weighted by molar-refractivity contribution is 5.93. The fraction of sp³-hybridized carbons (Fsp3) is 0.679. The molecule has 1 aliphatic rings. The Bertz CT molecular complexity index is 887. The normalized spacial score (nSPS) is 15.3. The van der Waals surface area contributed by atoms with Gasteiger partial charge in [0.1, 0.15) is 17.7 Å². The van der Waals surface area contributed by atoms with Gasteiger partial charge in [-0.3, -0.25) is 9.59 Å². The van der Waals surface area contributed by atoms with E-state index in [2.05, 4.69) is 17.6 Å². The lowest BCUT2D eigenvalue weighted by Crippen LogP contribution is -2.55. The summed E-state index contributed by atoms with van der Waals surface area (Å²) in [6.45, 7) is 15.8. The number of nitrogens with zero attached hydrogens (tertiary/aromatic N) is 1. The first kappa shape index (κ1) is 28.7. The quantitative estimate of drug-likeness (QED) is 0.421.